The van der Waals surface area contributed by atoms with Crippen molar-refractivity contribution in [3.63, 3.8) is 0 Å². The number of halogens is 2. The minimum atomic E-state index is -1.01. The number of rotatable bonds is 8. The van der Waals surface area contributed by atoms with Crippen LogP contribution in [0, 0.1) is 0 Å². The van der Waals surface area contributed by atoms with Crippen molar-refractivity contribution in [2.75, 3.05) is 6.61 Å². The molecule has 1 saturated heterocycles. The molecule has 2 aromatic carbocycles. The van der Waals surface area contributed by atoms with Crippen LogP contribution in [0.3, 0.4) is 0 Å². The normalized spacial score (nSPS) is 20.2. The van der Waals surface area contributed by atoms with Gasteiger partial charge in [0.1, 0.15) is 18.8 Å². The number of carboxylic acid groups (broad SMARTS) is 1. The summed E-state index contributed by atoms with van der Waals surface area (Å²) in [7, 11) is 0. The smallest absolute Gasteiger partial charge is 0.326 e. The minimum Gasteiger partial charge on any atom is -0.480 e. The van der Waals surface area contributed by atoms with E-state index in [1.54, 1.807) is 24.3 Å². The van der Waals surface area contributed by atoms with Gasteiger partial charge in [-0.15, -0.1) is 0 Å². The molecule has 1 N–H and O–H groups in total. The summed E-state index contributed by atoms with van der Waals surface area (Å²) >= 11 is 12.3. The maximum atomic E-state index is 13.0. The topological polar surface area (TPSA) is 66.8 Å². The number of hydrogen-bond donors (Lipinski definition) is 1. The van der Waals surface area contributed by atoms with Gasteiger partial charge in [0.05, 0.1) is 6.04 Å². The fourth-order valence-electron chi connectivity index (χ4n) is 3.92. The Morgan fingerprint density at radius 3 is 2.50 bits per heavy atom. The monoisotopic (exact) mass is 449 g/mol. The Morgan fingerprint density at radius 2 is 1.87 bits per heavy atom. The molecular weight excluding hydrogens is 425 g/mol. The number of aliphatic carboxylic acids is 1. The molecule has 5 nitrogen and oxygen atoms in total. The van der Waals surface area contributed by atoms with E-state index >= 15 is 0 Å². The largest absolute Gasteiger partial charge is 0.480 e. The van der Waals surface area contributed by atoms with Gasteiger partial charge in [0, 0.05) is 10.0 Å². The van der Waals surface area contributed by atoms with Gasteiger partial charge in [-0.3, -0.25) is 4.79 Å². The molecular formula is C23H25Cl2NO4. The molecule has 0 radical (unpaired) electrons. The Morgan fingerprint density at radius 1 is 1.13 bits per heavy atom. The van der Waals surface area contributed by atoms with Gasteiger partial charge in [-0.1, -0.05) is 73.7 Å². The number of benzene rings is 2. The van der Waals surface area contributed by atoms with Crippen molar-refractivity contribution < 1.29 is 19.4 Å². The Labute approximate surface area is 186 Å². The fraction of sp³-hybridized carbons (Fsp3) is 0.391. The summed E-state index contributed by atoms with van der Waals surface area (Å²) in [4.78, 5) is 26.6. The van der Waals surface area contributed by atoms with E-state index in [0.29, 0.717) is 16.5 Å². The van der Waals surface area contributed by atoms with Gasteiger partial charge in [0.2, 0.25) is 5.91 Å². The third kappa shape index (κ3) is 5.15. The second-order valence-corrected chi connectivity index (χ2v) is 8.31. The first kappa shape index (κ1) is 22.6. The third-order valence-electron chi connectivity index (χ3n) is 5.35. The average molecular weight is 450 g/mol. The molecule has 0 saturated carbocycles. The van der Waals surface area contributed by atoms with Gasteiger partial charge in [0.15, 0.2) is 0 Å². The molecule has 0 aromatic heterocycles. The lowest BCUT2D eigenvalue weighted by molar-refractivity contribution is -0.171. The molecule has 0 bridgehead atoms. The van der Waals surface area contributed by atoms with Crippen molar-refractivity contribution in [1.29, 1.82) is 0 Å². The summed E-state index contributed by atoms with van der Waals surface area (Å²) in [6, 6.07) is 12.8. The summed E-state index contributed by atoms with van der Waals surface area (Å²) in [5.74, 6) is -1.35. The third-order valence-corrected chi connectivity index (χ3v) is 5.84. The number of carboxylic acids is 1. The fourth-order valence-corrected chi connectivity index (χ4v) is 4.25. The van der Waals surface area contributed by atoms with Crippen LogP contribution in [0.25, 0.3) is 0 Å². The zero-order chi connectivity index (χ0) is 21.7. The van der Waals surface area contributed by atoms with Crippen molar-refractivity contribution in [2.45, 2.75) is 50.8 Å². The predicted molar refractivity (Wildman–Crippen MR) is 117 cm³/mol. The molecule has 2 aromatic rings. The molecule has 0 spiro atoms. The number of carbonyl (C=O) groups is 2. The van der Waals surface area contributed by atoms with Gasteiger partial charge < -0.3 is 14.7 Å². The van der Waals surface area contributed by atoms with Crippen LogP contribution in [0.2, 0.25) is 10.0 Å². The van der Waals surface area contributed by atoms with E-state index < -0.39 is 24.2 Å². The highest BCUT2D eigenvalue weighted by Gasteiger charge is 2.44. The summed E-state index contributed by atoms with van der Waals surface area (Å²) in [5.41, 5.74) is 1.55. The van der Waals surface area contributed by atoms with Crippen molar-refractivity contribution in [3.05, 3.63) is 69.7 Å². The molecule has 160 valence electrons. The van der Waals surface area contributed by atoms with Crippen LogP contribution in [0.15, 0.2) is 48.5 Å². The summed E-state index contributed by atoms with van der Waals surface area (Å²) in [6.45, 7) is 1.88. The first-order chi connectivity index (χ1) is 14.4. The van der Waals surface area contributed by atoms with Crippen LogP contribution in [0.1, 0.15) is 55.9 Å². The van der Waals surface area contributed by atoms with Gasteiger partial charge in [-0.25, -0.2) is 4.79 Å². The van der Waals surface area contributed by atoms with Crippen LogP contribution in [-0.4, -0.2) is 34.5 Å². The highest BCUT2D eigenvalue weighted by Crippen LogP contribution is 2.42. The van der Waals surface area contributed by atoms with Crippen molar-refractivity contribution >= 4 is 35.1 Å². The molecule has 3 atom stereocenters. The molecule has 1 fully saturated rings. The average Bonchev–Trinajstić information content (AvgIpc) is 2.72. The molecule has 1 heterocycles. The minimum absolute atomic E-state index is 0.182. The molecule has 1 unspecified atom stereocenters. The predicted octanol–water partition coefficient (Wildman–Crippen LogP) is 5.67. The SMILES string of the molecule is CCCCCC(C(=O)O)N1C(=O)CO[C@@H](c2cccc(Cl)c2)[C@H]1c1ccc(Cl)cc1. The van der Waals surface area contributed by atoms with E-state index in [-0.39, 0.29) is 12.5 Å². The van der Waals surface area contributed by atoms with E-state index in [9.17, 15) is 14.7 Å². The number of ether oxygens (including phenoxy) is 1. The first-order valence-corrected chi connectivity index (χ1v) is 10.8. The number of morpholine rings is 1. The number of hydrogen-bond acceptors (Lipinski definition) is 3. The lowest BCUT2D eigenvalue weighted by atomic mass is 9.90. The molecule has 7 heteroatoms. The Balaban J connectivity index is 2.07. The second-order valence-electron chi connectivity index (χ2n) is 7.43. The van der Waals surface area contributed by atoms with Crippen molar-refractivity contribution in [3.8, 4) is 0 Å². The van der Waals surface area contributed by atoms with E-state index in [1.165, 1.54) is 4.90 Å². The van der Waals surface area contributed by atoms with Gasteiger partial charge in [0.25, 0.3) is 0 Å². The molecule has 3 rings (SSSR count). The van der Waals surface area contributed by atoms with Gasteiger partial charge in [-0.05, 0) is 41.8 Å². The van der Waals surface area contributed by atoms with E-state index in [1.807, 2.05) is 24.3 Å². The van der Waals surface area contributed by atoms with E-state index in [4.69, 9.17) is 27.9 Å². The molecule has 1 amide bonds. The van der Waals surface area contributed by atoms with Crippen LogP contribution < -0.4 is 0 Å². The van der Waals surface area contributed by atoms with Crippen molar-refractivity contribution in [2.24, 2.45) is 0 Å². The van der Waals surface area contributed by atoms with Crippen LogP contribution in [-0.2, 0) is 14.3 Å². The standard InChI is InChI=1S/C23H25Cl2NO4/c1-2-3-4-8-19(23(28)29)26-20(27)14-30-22(16-6-5-7-18(25)13-16)21(26)15-9-11-17(24)12-10-15/h5-7,9-13,19,21-22H,2-4,8,14H2,1H3,(H,28,29)/t19?,21-,22+/m1/s1. The van der Waals surface area contributed by atoms with Gasteiger partial charge in [-0.2, -0.15) is 0 Å². The molecule has 1 aliphatic heterocycles. The highest BCUT2D eigenvalue weighted by molar-refractivity contribution is 6.30. The number of amides is 1. The van der Waals surface area contributed by atoms with Crippen LogP contribution >= 0.6 is 23.2 Å². The number of nitrogens with zero attached hydrogens (tertiary/aromatic N) is 1. The number of unbranched alkanes of at least 4 members (excludes halogenated alkanes) is 2. The van der Waals surface area contributed by atoms with Gasteiger partial charge >= 0.3 is 5.97 Å². The maximum absolute atomic E-state index is 13.0. The first-order valence-electron chi connectivity index (χ1n) is 10.1. The summed E-state index contributed by atoms with van der Waals surface area (Å²) < 4.78 is 5.94. The van der Waals surface area contributed by atoms with Crippen molar-refractivity contribution in [1.82, 2.24) is 4.90 Å². The zero-order valence-electron chi connectivity index (χ0n) is 16.8. The number of carbonyl (C=O) groups excluding carboxylic acids is 1. The summed E-state index contributed by atoms with van der Waals surface area (Å²) in [5, 5.41) is 11.1. The Kier molecular flexibility index (Phi) is 7.75. The molecule has 1 aliphatic rings. The lowest BCUT2D eigenvalue weighted by Gasteiger charge is -2.44. The van der Waals surface area contributed by atoms with Crippen LogP contribution in [0.5, 0.6) is 0 Å². The van der Waals surface area contributed by atoms with E-state index in [2.05, 4.69) is 6.92 Å². The molecule has 30 heavy (non-hydrogen) atoms. The Bertz CT molecular complexity index is 887. The maximum Gasteiger partial charge on any atom is 0.326 e. The second kappa shape index (κ2) is 10.3. The highest BCUT2D eigenvalue weighted by atomic mass is 35.5. The summed E-state index contributed by atoms with van der Waals surface area (Å²) in [6.07, 6.45) is 2.45. The zero-order valence-corrected chi connectivity index (χ0v) is 18.3. The Hall–Kier alpha value is -2.08. The van der Waals surface area contributed by atoms with E-state index in [0.717, 1.165) is 30.4 Å². The quantitative estimate of drug-likeness (QED) is 0.527. The van der Waals surface area contributed by atoms with Crippen LogP contribution in [0.4, 0.5) is 0 Å². The molecule has 0 aliphatic carbocycles. The lowest BCUT2D eigenvalue weighted by Crippen LogP contribution is -2.53.